The van der Waals surface area contributed by atoms with Gasteiger partial charge in [-0.25, -0.2) is 13.1 Å². The van der Waals surface area contributed by atoms with Crippen molar-refractivity contribution in [3.05, 3.63) is 53.5 Å². The Bertz CT molecular complexity index is 1150. The van der Waals surface area contributed by atoms with Crippen molar-refractivity contribution in [3.8, 4) is 11.3 Å². The maximum atomic E-state index is 12.7. The van der Waals surface area contributed by atoms with Crippen molar-refractivity contribution >= 4 is 21.6 Å². The van der Waals surface area contributed by atoms with Crippen LogP contribution in [0.1, 0.15) is 30.3 Å². The van der Waals surface area contributed by atoms with Crippen LogP contribution in [-0.2, 0) is 21.4 Å². The van der Waals surface area contributed by atoms with E-state index in [-0.39, 0.29) is 17.3 Å². The molecule has 0 bridgehead atoms. The minimum Gasteiger partial charge on any atom is -0.464 e. The smallest absolute Gasteiger partial charge is 0.240 e. The van der Waals surface area contributed by atoms with Gasteiger partial charge in [-0.2, -0.15) is 5.10 Å². The molecule has 0 unspecified atom stereocenters. The van der Waals surface area contributed by atoms with Crippen LogP contribution < -0.4 is 10.0 Å². The molecule has 0 aliphatic rings. The molecule has 2 heterocycles. The SMILES string of the molecule is CCC(=O)Nc1ccc(S(=O)(=O)NCCn2nc(C)c(-c3ccco3)c2C)c(C)c1. The Morgan fingerprint density at radius 1 is 1.20 bits per heavy atom. The van der Waals surface area contributed by atoms with E-state index in [1.165, 1.54) is 6.07 Å². The summed E-state index contributed by atoms with van der Waals surface area (Å²) in [4.78, 5) is 11.7. The average Bonchev–Trinajstić information content (AvgIpc) is 3.29. The van der Waals surface area contributed by atoms with Crippen LogP contribution in [0.2, 0.25) is 0 Å². The molecule has 9 heteroatoms. The van der Waals surface area contributed by atoms with E-state index in [0.717, 1.165) is 22.7 Å². The second-order valence-corrected chi connectivity index (χ2v) is 8.76. The Labute approximate surface area is 176 Å². The molecule has 3 aromatic rings. The van der Waals surface area contributed by atoms with E-state index in [4.69, 9.17) is 4.42 Å². The van der Waals surface area contributed by atoms with Gasteiger partial charge in [-0.3, -0.25) is 9.48 Å². The summed E-state index contributed by atoms with van der Waals surface area (Å²) in [6.07, 6.45) is 1.97. The van der Waals surface area contributed by atoms with Gasteiger partial charge in [-0.05, 0) is 56.7 Å². The molecule has 0 atom stereocenters. The van der Waals surface area contributed by atoms with Gasteiger partial charge in [0.1, 0.15) is 5.76 Å². The summed E-state index contributed by atoms with van der Waals surface area (Å²) in [7, 11) is -3.69. The Hall–Kier alpha value is -2.91. The number of hydrogen-bond donors (Lipinski definition) is 2. The van der Waals surface area contributed by atoms with Crippen molar-refractivity contribution in [1.29, 1.82) is 0 Å². The monoisotopic (exact) mass is 430 g/mol. The number of aromatic nitrogens is 2. The lowest BCUT2D eigenvalue weighted by molar-refractivity contribution is -0.115. The number of nitrogens with one attached hydrogen (secondary N) is 2. The number of aryl methyl sites for hydroxylation is 2. The van der Waals surface area contributed by atoms with Gasteiger partial charge >= 0.3 is 0 Å². The van der Waals surface area contributed by atoms with Gasteiger partial charge in [-0.1, -0.05) is 6.92 Å². The minimum absolute atomic E-state index is 0.123. The Balaban J connectivity index is 1.69. The molecule has 30 heavy (non-hydrogen) atoms. The quantitative estimate of drug-likeness (QED) is 0.570. The van der Waals surface area contributed by atoms with Crippen molar-refractivity contribution in [2.24, 2.45) is 0 Å². The van der Waals surface area contributed by atoms with Gasteiger partial charge in [-0.15, -0.1) is 0 Å². The molecule has 0 radical (unpaired) electrons. The van der Waals surface area contributed by atoms with Crippen molar-refractivity contribution in [3.63, 3.8) is 0 Å². The second kappa shape index (κ2) is 8.85. The predicted octanol–water partition coefficient (Wildman–Crippen LogP) is 3.40. The highest BCUT2D eigenvalue weighted by Crippen LogP contribution is 2.27. The summed E-state index contributed by atoms with van der Waals surface area (Å²) in [5.74, 6) is 0.615. The van der Waals surface area contributed by atoms with Crippen LogP contribution in [0.3, 0.4) is 0 Å². The van der Waals surface area contributed by atoms with Crippen LogP contribution in [0, 0.1) is 20.8 Å². The van der Waals surface area contributed by atoms with Crippen LogP contribution >= 0.6 is 0 Å². The second-order valence-electron chi connectivity index (χ2n) is 7.03. The highest BCUT2D eigenvalue weighted by molar-refractivity contribution is 7.89. The number of carbonyl (C=O) groups excluding carboxylic acids is 1. The largest absolute Gasteiger partial charge is 0.464 e. The lowest BCUT2D eigenvalue weighted by Crippen LogP contribution is -2.28. The number of anilines is 1. The normalized spacial score (nSPS) is 11.6. The van der Waals surface area contributed by atoms with Crippen LogP contribution in [-0.4, -0.2) is 30.7 Å². The van der Waals surface area contributed by atoms with Gasteiger partial charge in [0.15, 0.2) is 0 Å². The molecule has 0 aliphatic heterocycles. The van der Waals surface area contributed by atoms with Crippen molar-refractivity contribution in [2.45, 2.75) is 45.6 Å². The number of sulfonamides is 1. The zero-order valence-corrected chi connectivity index (χ0v) is 18.3. The zero-order valence-electron chi connectivity index (χ0n) is 17.5. The summed E-state index contributed by atoms with van der Waals surface area (Å²) >= 11 is 0. The molecule has 2 N–H and O–H groups in total. The van der Waals surface area contributed by atoms with Gasteiger partial charge < -0.3 is 9.73 Å². The summed E-state index contributed by atoms with van der Waals surface area (Å²) in [6.45, 7) is 7.86. The third-order valence-corrected chi connectivity index (χ3v) is 6.46. The van der Waals surface area contributed by atoms with E-state index < -0.39 is 10.0 Å². The van der Waals surface area contributed by atoms with E-state index in [0.29, 0.717) is 24.2 Å². The predicted molar refractivity (Wildman–Crippen MR) is 115 cm³/mol. The van der Waals surface area contributed by atoms with E-state index in [1.54, 1.807) is 36.9 Å². The molecule has 1 aromatic carbocycles. The molecular formula is C21H26N4O4S. The Morgan fingerprint density at radius 2 is 1.97 bits per heavy atom. The molecule has 0 saturated heterocycles. The third kappa shape index (κ3) is 4.63. The van der Waals surface area contributed by atoms with Gasteiger partial charge in [0.25, 0.3) is 0 Å². The fourth-order valence-electron chi connectivity index (χ4n) is 3.33. The summed E-state index contributed by atoms with van der Waals surface area (Å²) in [5.41, 5.74) is 3.79. The molecular weight excluding hydrogens is 404 g/mol. The van der Waals surface area contributed by atoms with Crippen LogP contribution in [0.15, 0.2) is 45.9 Å². The Morgan fingerprint density at radius 3 is 2.60 bits per heavy atom. The number of amides is 1. The average molecular weight is 431 g/mol. The number of furan rings is 1. The maximum absolute atomic E-state index is 12.7. The number of hydrogen-bond acceptors (Lipinski definition) is 5. The van der Waals surface area contributed by atoms with E-state index >= 15 is 0 Å². The summed E-state index contributed by atoms with van der Waals surface area (Å²) < 4.78 is 35.3. The number of nitrogens with zero attached hydrogens (tertiary/aromatic N) is 2. The third-order valence-electron chi connectivity index (χ3n) is 4.83. The molecule has 3 rings (SSSR count). The van der Waals surface area contributed by atoms with Crippen LogP contribution in [0.4, 0.5) is 5.69 Å². The highest BCUT2D eigenvalue weighted by Gasteiger charge is 2.19. The summed E-state index contributed by atoms with van der Waals surface area (Å²) in [6, 6.07) is 8.44. The van der Waals surface area contributed by atoms with Crippen LogP contribution in [0.25, 0.3) is 11.3 Å². The molecule has 1 amide bonds. The molecule has 2 aromatic heterocycles. The zero-order chi connectivity index (χ0) is 21.9. The first kappa shape index (κ1) is 21.8. The van der Waals surface area contributed by atoms with Gasteiger partial charge in [0, 0.05) is 24.3 Å². The molecule has 0 saturated carbocycles. The van der Waals surface area contributed by atoms with E-state index in [2.05, 4.69) is 15.1 Å². The van der Waals surface area contributed by atoms with Crippen LogP contribution in [0.5, 0.6) is 0 Å². The minimum atomic E-state index is -3.69. The molecule has 160 valence electrons. The van der Waals surface area contributed by atoms with Crippen molar-refractivity contribution < 1.29 is 17.6 Å². The van der Waals surface area contributed by atoms with Crippen molar-refractivity contribution in [1.82, 2.24) is 14.5 Å². The molecule has 0 aliphatic carbocycles. The van der Waals surface area contributed by atoms with E-state index in [1.807, 2.05) is 26.0 Å². The molecule has 0 spiro atoms. The lowest BCUT2D eigenvalue weighted by atomic mass is 10.1. The summed E-state index contributed by atoms with van der Waals surface area (Å²) in [5, 5.41) is 7.23. The fourth-order valence-corrected chi connectivity index (χ4v) is 4.58. The number of rotatable bonds is 8. The molecule has 8 nitrogen and oxygen atoms in total. The standard InChI is InChI=1S/C21H26N4O4S/c1-5-20(26)23-17-8-9-19(14(2)13-17)30(27,28)22-10-11-25-16(4)21(15(3)24-25)18-7-6-12-29-18/h6-9,12-13,22H,5,10-11H2,1-4H3,(H,23,26). The first-order valence-corrected chi connectivity index (χ1v) is 11.2. The maximum Gasteiger partial charge on any atom is 0.240 e. The number of carbonyl (C=O) groups is 1. The van der Waals surface area contributed by atoms with Gasteiger partial charge in [0.05, 0.1) is 29.0 Å². The van der Waals surface area contributed by atoms with E-state index in [9.17, 15) is 13.2 Å². The fraction of sp³-hybridized carbons (Fsp3) is 0.333. The molecule has 0 fully saturated rings. The van der Waals surface area contributed by atoms with Gasteiger partial charge in [0.2, 0.25) is 15.9 Å². The Kier molecular flexibility index (Phi) is 6.42. The number of benzene rings is 1. The lowest BCUT2D eigenvalue weighted by Gasteiger charge is -2.12. The highest BCUT2D eigenvalue weighted by atomic mass is 32.2. The van der Waals surface area contributed by atoms with Crippen molar-refractivity contribution in [2.75, 3.05) is 11.9 Å². The first-order valence-electron chi connectivity index (χ1n) is 9.71. The topological polar surface area (TPSA) is 106 Å². The first-order chi connectivity index (χ1) is 14.2.